The van der Waals surface area contributed by atoms with Crippen molar-refractivity contribution in [3.8, 4) is 0 Å². The third kappa shape index (κ3) is 2.29. The van der Waals surface area contributed by atoms with E-state index in [4.69, 9.17) is 16.4 Å². The normalized spacial score (nSPS) is 28.1. The first kappa shape index (κ1) is 10.4. The van der Waals surface area contributed by atoms with Gasteiger partial charge in [0.1, 0.15) is 0 Å². The minimum Gasteiger partial charge on any atom is -0.350 e. The lowest BCUT2D eigenvalue weighted by molar-refractivity contribution is -0.295. The van der Waals surface area contributed by atoms with Crippen molar-refractivity contribution in [2.24, 2.45) is 5.92 Å². The lowest BCUT2D eigenvalue weighted by atomic mass is 9.92. The molecule has 0 aromatic rings. The average Bonchev–Trinajstić information content (AvgIpc) is 2.24. The second-order valence-corrected chi connectivity index (χ2v) is 4.54. The standard InChI is InChI=1S/C12H20O2/c1-2-6-11-9-13-12(14-10-11)7-4-3-5-8-12/h1,11H,2-10H2. The van der Waals surface area contributed by atoms with Gasteiger partial charge in [0.2, 0.25) is 0 Å². The molecule has 0 amide bonds. The van der Waals surface area contributed by atoms with Gasteiger partial charge in [-0.3, -0.25) is 0 Å². The van der Waals surface area contributed by atoms with Gasteiger partial charge in [-0.1, -0.05) is 6.42 Å². The van der Waals surface area contributed by atoms with Crippen LogP contribution in [0.1, 0.15) is 44.9 Å². The molecule has 0 bridgehead atoms. The van der Waals surface area contributed by atoms with E-state index in [9.17, 15) is 0 Å². The predicted octanol–water partition coefficient (Wildman–Crippen LogP) is 2.80. The lowest BCUT2D eigenvalue weighted by Gasteiger charge is -2.42. The third-order valence-corrected chi connectivity index (χ3v) is 3.35. The summed E-state index contributed by atoms with van der Waals surface area (Å²) in [6, 6.07) is 0. The van der Waals surface area contributed by atoms with Crippen molar-refractivity contribution >= 4 is 0 Å². The molecule has 2 aliphatic rings. The van der Waals surface area contributed by atoms with Crippen molar-refractivity contribution in [3.05, 3.63) is 6.92 Å². The highest BCUT2D eigenvalue weighted by Gasteiger charge is 2.38. The van der Waals surface area contributed by atoms with Crippen molar-refractivity contribution in [1.82, 2.24) is 0 Å². The predicted molar refractivity (Wildman–Crippen MR) is 54.7 cm³/mol. The summed E-state index contributed by atoms with van der Waals surface area (Å²) in [5.41, 5.74) is 0. The van der Waals surface area contributed by atoms with Gasteiger partial charge in [0.25, 0.3) is 0 Å². The highest BCUT2D eigenvalue weighted by Crippen LogP contribution is 2.36. The molecule has 1 aliphatic carbocycles. The first-order chi connectivity index (χ1) is 6.85. The zero-order valence-electron chi connectivity index (χ0n) is 8.84. The summed E-state index contributed by atoms with van der Waals surface area (Å²) in [5.74, 6) is 0.316. The second-order valence-electron chi connectivity index (χ2n) is 4.54. The van der Waals surface area contributed by atoms with Crippen molar-refractivity contribution in [2.75, 3.05) is 13.2 Å². The van der Waals surface area contributed by atoms with Crippen LogP contribution in [0.25, 0.3) is 0 Å². The molecule has 0 aromatic carbocycles. The molecule has 2 nitrogen and oxygen atoms in total. The van der Waals surface area contributed by atoms with E-state index in [1.807, 2.05) is 0 Å². The van der Waals surface area contributed by atoms with Crippen LogP contribution in [0, 0.1) is 12.8 Å². The molecule has 1 saturated heterocycles. The third-order valence-electron chi connectivity index (χ3n) is 3.35. The van der Waals surface area contributed by atoms with Crippen LogP contribution in [0.3, 0.4) is 0 Å². The zero-order valence-corrected chi connectivity index (χ0v) is 8.84. The highest BCUT2D eigenvalue weighted by atomic mass is 16.7. The SMILES string of the molecule is [CH]CCC1COC2(CCCCC2)OC1. The maximum absolute atomic E-state index is 5.89. The Morgan fingerprint density at radius 3 is 2.29 bits per heavy atom. The van der Waals surface area contributed by atoms with E-state index in [2.05, 4.69) is 0 Å². The molecule has 2 radical (unpaired) electrons. The van der Waals surface area contributed by atoms with Gasteiger partial charge in [0.15, 0.2) is 5.79 Å². The largest absolute Gasteiger partial charge is 0.350 e. The van der Waals surface area contributed by atoms with E-state index >= 15 is 0 Å². The van der Waals surface area contributed by atoms with Crippen molar-refractivity contribution in [1.29, 1.82) is 0 Å². The smallest absolute Gasteiger partial charge is 0.168 e. The summed E-state index contributed by atoms with van der Waals surface area (Å²) in [5, 5.41) is 0. The number of hydrogen-bond donors (Lipinski definition) is 0. The molecule has 80 valence electrons. The van der Waals surface area contributed by atoms with E-state index in [0.29, 0.717) is 5.92 Å². The van der Waals surface area contributed by atoms with Gasteiger partial charge in [-0.05, 0) is 32.6 Å². The van der Waals surface area contributed by atoms with Gasteiger partial charge in [-0.25, -0.2) is 0 Å². The van der Waals surface area contributed by atoms with Gasteiger partial charge >= 0.3 is 0 Å². The first-order valence-corrected chi connectivity index (χ1v) is 5.83. The van der Waals surface area contributed by atoms with E-state index < -0.39 is 0 Å². The molecular formula is C12H20O2. The highest BCUT2D eigenvalue weighted by molar-refractivity contribution is 4.79. The van der Waals surface area contributed by atoms with Crippen LogP contribution < -0.4 is 0 Å². The average molecular weight is 196 g/mol. The minimum atomic E-state index is -0.205. The quantitative estimate of drug-likeness (QED) is 0.676. The Morgan fingerprint density at radius 2 is 1.71 bits per heavy atom. The zero-order chi connectivity index (χ0) is 9.86. The van der Waals surface area contributed by atoms with Crippen LogP contribution >= 0.6 is 0 Å². The molecule has 1 aliphatic heterocycles. The van der Waals surface area contributed by atoms with E-state index in [-0.39, 0.29) is 5.79 Å². The van der Waals surface area contributed by atoms with Gasteiger partial charge in [-0.2, -0.15) is 0 Å². The molecular weight excluding hydrogens is 176 g/mol. The summed E-state index contributed by atoms with van der Waals surface area (Å²) in [7, 11) is 0. The summed E-state index contributed by atoms with van der Waals surface area (Å²) in [4.78, 5) is 0. The molecule has 1 spiro atoms. The Labute approximate surface area is 87.0 Å². The Hall–Kier alpha value is -0.0800. The van der Waals surface area contributed by atoms with E-state index in [0.717, 1.165) is 38.9 Å². The molecule has 1 saturated carbocycles. The van der Waals surface area contributed by atoms with Crippen LogP contribution in [-0.4, -0.2) is 19.0 Å². The monoisotopic (exact) mass is 196 g/mol. The Kier molecular flexibility index (Phi) is 3.45. The van der Waals surface area contributed by atoms with Crippen LogP contribution in [0.2, 0.25) is 0 Å². The molecule has 2 fully saturated rings. The second kappa shape index (κ2) is 4.63. The summed E-state index contributed by atoms with van der Waals surface area (Å²) >= 11 is 0. The van der Waals surface area contributed by atoms with Crippen LogP contribution in [0.4, 0.5) is 0 Å². The molecule has 2 heteroatoms. The molecule has 0 unspecified atom stereocenters. The first-order valence-electron chi connectivity index (χ1n) is 5.83. The van der Waals surface area contributed by atoms with Crippen LogP contribution in [0.15, 0.2) is 0 Å². The van der Waals surface area contributed by atoms with Crippen LogP contribution in [0.5, 0.6) is 0 Å². The van der Waals surface area contributed by atoms with Gasteiger partial charge in [0, 0.05) is 18.8 Å². The summed E-state index contributed by atoms with van der Waals surface area (Å²) in [6.07, 6.45) is 7.77. The van der Waals surface area contributed by atoms with Crippen molar-refractivity contribution in [2.45, 2.75) is 50.7 Å². The Balaban J connectivity index is 1.81. The summed E-state index contributed by atoms with van der Waals surface area (Å²) < 4.78 is 11.8. The fraction of sp³-hybridized carbons (Fsp3) is 0.917. The number of rotatable bonds is 2. The fourth-order valence-corrected chi connectivity index (χ4v) is 2.41. The molecule has 0 aromatic heterocycles. The Bertz CT molecular complexity index is 163. The fourth-order valence-electron chi connectivity index (χ4n) is 2.41. The topological polar surface area (TPSA) is 18.5 Å². The van der Waals surface area contributed by atoms with Crippen molar-refractivity contribution < 1.29 is 9.47 Å². The maximum atomic E-state index is 5.89. The van der Waals surface area contributed by atoms with Gasteiger partial charge in [0.05, 0.1) is 13.2 Å². The maximum Gasteiger partial charge on any atom is 0.168 e. The van der Waals surface area contributed by atoms with Crippen LogP contribution in [-0.2, 0) is 9.47 Å². The van der Waals surface area contributed by atoms with Gasteiger partial charge < -0.3 is 9.47 Å². The van der Waals surface area contributed by atoms with E-state index in [1.54, 1.807) is 0 Å². The summed E-state index contributed by atoms with van der Waals surface area (Å²) in [6.45, 7) is 7.21. The molecule has 14 heavy (non-hydrogen) atoms. The molecule has 1 heterocycles. The lowest BCUT2D eigenvalue weighted by Crippen LogP contribution is -2.45. The minimum absolute atomic E-state index is 0.205. The molecule has 0 atom stereocenters. The Morgan fingerprint density at radius 1 is 1.07 bits per heavy atom. The van der Waals surface area contributed by atoms with Crippen molar-refractivity contribution in [3.63, 3.8) is 0 Å². The molecule has 2 rings (SSSR count). The molecule has 0 N–H and O–H groups in total. The van der Waals surface area contributed by atoms with E-state index in [1.165, 1.54) is 19.3 Å². The number of hydrogen-bond acceptors (Lipinski definition) is 2. The van der Waals surface area contributed by atoms with Gasteiger partial charge in [-0.15, -0.1) is 0 Å². The number of ether oxygens (including phenoxy) is 2.